The molecule has 2 aromatic heterocycles. The number of pyridine rings is 1. The molecule has 63 heavy (non-hydrogen) atoms. The third-order valence-electron chi connectivity index (χ3n) is 15.5. The van der Waals surface area contributed by atoms with E-state index < -0.39 is 5.54 Å². The van der Waals surface area contributed by atoms with Crippen LogP contribution in [0.2, 0.25) is 0 Å². The minimum Gasteiger partial charge on any atom is -0.356 e. The van der Waals surface area contributed by atoms with Crippen LogP contribution in [0.15, 0.2) is 164 Å². The first-order valence-corrected chi connectivity index (χ1v) is 22.8. The van der Waals surface area contributed by atoms with Crippen LogP contribution in [0, 0.1) is 5.92 Å². The fraction of sp³-hybridized carbons (Fsp3) is 0.203. The highest BCUT2D eigenvalue weighted by atomic mass is 15.2. The van der Waals surface area contributed by atoms with E-state index >= 15 is 0 Å². The third-order valence-corrected chi connectivity index (χ3v) is 15.5. The molecule has 12 rings (SSSR count). The van der Waals surface area contributed by atoms with Gasteiger partial charge in [0, 0.05) is 45.5 Å². The number of hydrogen-bond donors (Lipinski definition) is 0. The molecule has 7 aromatic carbocycles. The van der Waals surface area contributed by atoms with Gasteiger partial charge in [0.05, 0.1) is 34.0 Å². The number of fused-ring (bicyclic) bond motifs is 11. The van der Waals surface area contributed by atoms with Gasteiger partial charge in [0.15, 0.2) is 0 Å². The summed E-state index contributed by atoms with van der Waals surface area (Å²) in [5.41, 5.74) is 18.1. The number of rotatable bonds is 7. The largest absolute Gasteiger partial charge is 0.356 e. The first kappa shape index (κ1) is 38.1. The minimum absolute atomic E-state index is 0.0642. The summed E-state index contributed by atoms with van der Waals surface area (Å²) >= 11 is 0. The van der Waals surface area contributed by atoms with Gasteiger partial charge in [-0.05, 0) is 105 Å². The predicted octanol–water partition coefficient (Wildman–Crippen LogP) is 13.9. The molecule has 3 atom stereocenters. The van der Waals surface area contributed by atoms with E-state index in [1.807, 2.05) is 6.20 Å². The van der Waals surface area contributed by atoms with E-state index in [0.29, 0.717) is 5.92 Å². The maximum Gasteiger partial charge on any atom is 0.113 e. The normalized spacial score (nSPS) is 18.4. The average Bonchev–Trinajstić information content (AvgIpc) is 3.79. The van der Waals surface area contributed by atoms with Crippen molar-refractivity contribution in [3.63, 3.8) is 0 Å². The number of aromatic nitrogens is 2. The Kier molecular flexibility index (Phi) is 8.42. The second-order valence-corrected chi connectivity index (χ2v) is 18.9. The Morgan fingerprint density at radius 2 is 1.37 bits per heavy atom. The fourth-order valence-electron chi connectivity index (χ4n) is 12.3. The minimum atomic E-state index is -0.403. The highest BCUT2D eigenvalue weighted by Crippen LogP contribution is 2.60. The van der Waals surface area contributed by atoms with Crippen molar-refractivity contribution in [1.29, 1.82) is 0 Å². The monoisotopic (exact) mass is 811 g/mol. The van der Waals surface area contributed by atoms with Gasteiger partial charge in [-0.2, -0.15) is 0 Å². The van der Waals surface area contributed by atoms with Gasteiger partial charge in [-0.1, -0.05) is 167 Å². The molecule has 0 fully saturated rings. The fourth-order valence-corrected chi connectivity index (χ4v) is 12.3. The van der Waals surface area contributed by atoms with Crippen LogP contribution < -0.4 is 5.46 Å². The Morgan fingerprint density at radius 1 is 0.651 bits per heavy atom. The molecule has 3 aliphatic heterocycles. The van der Waals surface area contributed by atoms with Crippen molar-refractivity contribution in [2.45, 2.75) is 70.4 Å². The quantitative estimate of drug-likeness (QED) is 0.150. The summed E-state index contributed by atoms with van der Waals surface area (Å²) in [6, 6.07) is 56.8. The van der Waals surface area contributed by atoms with E-state index in [0.717, 1.165) is 34.9 Å². The molecule has 0 aliphatic carbocycles. The molecule has 304 valence electrons. The molecule has 0 saturated carbocycles. The van der Waals surface area contributed by atoms with Crippen molar-refractivity contribution >= 4 is 52.0 Å². The van der Waals surface area contributed by atoms with E-state index in [1.165, 1.54) is 83.0 Å². The Hall–Kier alpha value is -6.65. The molecule has 4 heteroatoms. The van der Waals surface area contributed by atoms with E-state index in [1.54, 1.807) is 0 Å². The number of nitrogens with zero attached hydrogens (tertiary/aromatic N) is 3. The van der Waals surface area contributed by atoms with Gasteiger partial charge in [-0.15, -0.1) is 0 Å². The average molecular weight is 812 g/mol. The summed E-state index contributed by atoms with van der Waals surface area (Å²) in [5.74, 6) is 0.547. The molecule has 9 aromatic rings. The van der Waals surface area contributed by atoms with E-state index in [4.69, 9.17) is 12.8 Å². The molecular formula is C59H50BN3. The number of para-hydroxylation sites is 2. The van der Waals surface area contributed by atoms with Crippen LogP contribution in [0.25, 0.3) is 66.7 Å². The van der Waals surface area contributed by atoms with Gasteiger partial charge in [0.25, 0.3) is 0 Å². The molecule has 3 nitrogen and oxygen atoms in total. The summed E-state index contributed by atoms with van der Waals surface area (Å²) in [5, 5.41) is 4.96. The molecule has 2 unspecified atom stereocenters. The predicted molar refractivity (Wildman–Crippen MR) is 264 cm³/mol. The second-order valence-electron chi connectivity index (χ2n) is 18.9. The zero-order valence-corrected chi connectivity index (χ0v) is 36.7. The highest BCUT2D eigenvalue weighted by molar-refractivity contribution is 6.32. The zero-order valence-electron chi connectivity index (χ0n) is 36.7. The SMILES string of the molecule is [B]c1ccc([C@@H](C(CC)CC)C2c3ccc(-c4ccc5c(c4)C(C)(C)c4cccc6c7ccccc7n-5c46)cc3C3(C)c4ccccc4C=CN23)c(-c2nccc3ccccc23)c1. The van der Waals surface area contributed by atoms with Crippen LogP contribution in [0.5, 0.6) is 0 Å². The van der Waals surface area contributed by atoms with Crippen molar-refractivity contribution in [3.8, 4) is 28.1 Å². The van der Waals surface area contributed by atoms with Crippen molar-refractivity contribution in [3.05, 3.63) is 203 Å². The van der Waals surface area contributed by atoms with Gasteiger partial charge in [-0.3, -0.25) is 4.98 Å². The van der Waals surface area contributed by atoms with Crippen LogP contribution in [-0.2, 0) is 11.0 Å². The number of benzene rings is 7. The smallest absolute Gasteiger partial charge is 0.113 e. The summed E-state index contributed by atoms with van der Waals surface area (Å²) < 4.78 is 2.51. The van der Waals surface area contributed by atoms with Crippen molar-refractivity contribution in [2.75, 3.05) is 0 Å². The van der Waals surface area contributed by atoms with E-state index in [2.05, 4.69) is 208 Å². The Morgan fingerprint density at radius 3 is 2.21 bits per heavy atom. The molecule has 3 aliphatic rings. The summed E-state index contributed by atoms with van der Waals surface area (Å²) in [6.45, 7) is 12.0. The van der Waals surface area contributed by atoms with Crippen LogP contribution in [0.1, 0.15) is 98.4 Å². The lowest BCUT2D eigenvalue weighted by atomic mass is 9.72. The second kappa shape index (κ2) is 13.9. The van der Waals surface area contributed by atoms with Gasteiger partial charge in [0.2, 0.25) is 0 Å². The first-order valence-electron chi connectivity index (χ1n) is 22.8. The summed E-state index contributed by atoms with van der Waals surface area (Å²) in [6.07, 6.45) is 8.80. The Balaban J connectivity index is 1.07. The lowest BCUT2D eigenvalue weighted by Gasteiger charge is -2.46. The Labute approximate surface area is 372 Å². The first-order chi connectivity index (χ1) is 30.7. The maximum absolute atomic E-state index is 6.70. The molecule has 0 bridgehead atoms. The van der Waals surface area contributed by atoms with E-state index in [9.17, 15) is 0 Å². The van der Waals surface area contributed by atoms with Crippen LogP contribution >= 0.6 is 0 Å². The highest BCUT2D eigenvalue weighted by Gasteiger charge is 2.52. The summed E-state index contributed by atoms with van der Waals surface area (Å²) in [7, 11) is 6.70. The molecular weight excluding hydrogens is 761 g/mol. The topological polar surface area (TPSA) is 21.1 Å². The standard InChI is InChI=1S/C59H50BN3/c1-6-36(7-2)54(44-27-25-41(60)35-47(44)55-42-17-10-8-15-37(42)29-31-61-55)57-46-26-23-39(33-50(46)59(5)48-20-12-9-16-38(48)30-32-62(57)59)40-24-28-53-51(34-40)58(3,4)49-21-14-19-45-43-18-11-13-22-52(43)63(53)56(45)49/h8-36,54,57H,6-7H2,1-5H3/t54-,57?,59?/m1/s1. The molecule has 0 spiro atoms. The van der Waals surface area contributed by atoms with Crippen molar-refractivity contribution in [1.82, 2.24) is 14.5 Å². The van der Waals surface area contributed by atoms with Crippen LogP contribution in [0.4, 0.5) is 0 Å². The summed E-state index contributed by atoms with van der Waals surface area (Å²) in [4.78, 5) is 7.81. The zero-order chi connectivity index (χ0) is 42.8. The molecule has 2 radical (unpaired) electrons. The van der Waals surface area contributed by atoms with Crippen LogP contribution in [-0.4, -0.2) is 22.3 Å². The van der Waals surface area contributed by atoms with Gasteiger partial charge >= 0.3 is 0 Å². The lowest BCUT2D eigenvalue weighted by molar-refractivity contribution is 0.133. The van der Waals surface area contributed by atoms with Gasteiger partial charge in [-0.25, -0.2) is 0 Å². The Bertz CT molecular complexity index is 3360. The van der Waals surface area contributed by atoms with Crippen molar-refractivity contribution < 1.29 is 0 Å². The molecule has 0 N–H and O–H groups in total. The molecule has 5 heterocycles. The maximum atomic E-state index is 6.70. The third kappa shape index (κ3) is 5.30. The van der Waals surface area contributed by atoms with Gasteiger partial charge in [0.1, 0.15) is 7.85 Å². The van der Waals surface area contributed by atoms with Crippen molar-refractivity contribution in [2.24, 2.45) is 5.92 Å². The molecule has 0 saturated heterocycles. The number of hydrogen-bond acceptors (Lipinski definition) is 2. The van der Waals surface area contributed by atoms with E-state index in [-0.39, 0.29) is 17.4 Å². The van der Waals surface area contributed by atoms with Gasteiger partial charge < -0.3 is 9.47 Å². The van der Waals surface area contributed by atoms with Crippen LogP contribution in [0.3, 0.4) is 0 Å². The lowest BCUT2D eigenvalue weighted by Crippen LogP contribution is -2.42. The molecule has 0 amide bonds.